The largest absolute Gasteiger partial charge is 0.290 e. The number of Topliss-reactive ketones (excluding diaryl/α,β-unsaturated/α-hetero) is 1. The van der Waals surface area contributed by atoms with E-state index >= 15 is 0 Å². The van der Waals surface area contributed by atoms with Crippen molar-refractivity contribution >= 4 is 96.6 Å². The van der Waals surface area contributed by atoms with Crippen LogP contribution >= 0.6 is 80.0 Å². The monoisotopic (exact) mass is 642 g/mol. The topological polar surface area (TPSA) is 41.5 Å². The van der Waals surface area contributed by atoms with Crippen LogP contribution < -0.4 is 5.43 Å². The fourth-order valence-electron chi connectivity index (χ4n) is 2.37. The molecule has 0 aliphatic heterocycles. The number of carbonyl (C=O) groups is 1. The molecule has 0 fully saturated rings. The standard InChI is InChI=1S/C18H23Cl3I2N2O/c1-3-4-5-6-7-8-14(22)15(23)17(26)18(21)25-24-16-11(2)9-12(19)10-13(16)20/h9-10,14-15,24H,3-8H2,1-2H3. The van der Waals surface area contributed by atoms with Crippen molar-refractivity contribution in [2.45, 2.75) is 60.2 Å². The molecule has 1 aromatic rings. The van der Waals surface area contributed by atoms with E-state index in [4.69, 9.17) is 34.8 Å². The number of aryl methyl sites for hydroxylation is 1. The highest BCUT2D eigenvalue weighted by Crippen LogP contribution is 2.30. The van der Waals surface area contributed by atoms with Gasteiger partial charge in [0, 0.05) is 8.95 Å². The second-order valence-corrected chi connectivity index (χ2v) is 10.2. The Morgan fingerprint density at radius 3 is 2.46 bits per heavy atom. The van der Waals surface area contributed by atoms with Gasteiger partial charge in [0.15, 0.2) is 5.17 Å². The van der Waals surface area contributed by atoms with Gasteiger partial charge in [-0.25, -0.2) is 0 Å². The lowest BCUT2D eigenvalue weighted by molar-refractivity contribution is -0.111. The molecule has 0 heterocycles. The molecular weight excluding hydrogens is 620 g/mol. The van der Waals surface area contributed by atoms with E-state index in [1.54, 1.807) is 12.1 Å². The van der Waals surface area contributed by atoms with Crippen molar-refractivity contribution in [3.05, 3.63) is 27.7 Å². The van der Waals surface area contributed by atoms with Crippen LogP contribution in [0.15, 0.2) is 17.2 Å². The lowest BCUT2D eigenvalue weighted by Gasteiger charge is -2.15. The first-order chi connectivity index (χ1) is 12.3. The SMILES string of the molecule is CCCCCCCC(I)C(I)C(=O)C(Cl)=NNc1c(C)cc(Cl)cc1Cl. The van der Waals surface area contributed by atoms with Crippen molar-refractivity contribution in [1.29, 1.82) is 0 Å². The summed E-state index contributed by atoms with van der Waals surface area (Å²) >= 11 is 22.7. The Bertz CT molecular complexity index is 618. The molecule has 0 spiro atoms. The van der Waals surface area contributed by atoms with Crippen LogP contribution in [0.3, 0.4) is 0 Å². The van der Waals surface area contributed by atoms with Crippen molar-refractivity contribution in [3.63, 3.8) is 0 Å². The summed E-state index contributed by atoms with van der Waals surface area (Å²) in [6.45, 7) is 4.06. The van der Waals surface area contributed by atoms with E-state index < -0.39 is 0 Å². The lowest BCUT2D eigenvalue weighted by atomic mass is 10.1. The molecule has 3 nitrogen and oxygen atoms in total. The van der Waals surface area contributed by atoms with Crippen LogP contribution in [0.5, 0.6) is 0 Å². The molecule has 0 bridgehead atoms. The summed E-state index contributed by atoms with van der Waals surface area (Å²) in [4.78, 5) is 12.5. The Kier molecular flexibility index (Phi) is 12.4. The van der Waals surface area contributed by atoms with Gasteiger partial charge in [0.25, 0.3) is 0 Å². The van der Waals surface area contributed by atoms with Crippen LogP contribution in [-0.4, -0.2) is 18.8 Å². The number of nitrogens with one attached hydrogen (secondary N) is 1. The van der Waals surface area contributed by atoms with Gasteiger partial charge in [0.1, 0.15) is 0 Å². The van der Waals surface area contributed by atoms with Crippen molar-refractivity contribution in [2.24, 2.45) is 5.10 Å². The van der Waals surface area contributed by atoms with E-state index in [0.717, 1.165) is 18.4 Å². The molecule has 1 N–H and O–H groups in total. The number of alkyl halides is 2. The minimum Gasteiger partial charge on any atom is -0.290 e. The summed E-state index contributed by atoms with van der Waals surface area (Å²) in [7, 11) is 0. The molecule has 0 saturated carbocycles. The third-order valence-electron chi connectivity index (χ3n) is 3.87. The molecule has 1 aromatic carbocycles. The quantitative estimate of drug-likeness (QED) is 0.0880. The van der Waals surface area contributed by atoms with E-state index in [2.05, 4.69) is 62.6 Å². The summed E-state index contributed by atoms with van der Waals surface area (Å²) in [5.74, 6) is -0.171. The van der Waals surface area contributed by atoms with Gasteiger partial charge in [-0.05, 0) is 31.0 Å². The Hall–Kier alpha value is 0.690. The van der Waals surface area contributed by atoms with Crippen molar-refractivity contribution in [2.75, 3.05) is 5.43 Å². The minimum absolute atomic E-state index is 0.0672. The highest BCUT2D eigenvalue weighted by atomic mass is 127. The number of ketones is 1. The van der Waals surface area contributed by atoms with Gasteiger partial charge in [-0.1, -0.05) is 119 Å². The molecule has 8 heteroatoms. The zero-order valence-electron chi connectivity index (χ0n) is 14.8. The summed E-state index contributed by atoms with van der Waals surface area (Å²) < 4.78 is 0.0198. The van der Waals surface area contributed by atoms with Gasteiger partial charge >= 0.3 is 0 Å². The molecule has 2 atom stereocenters. The summed E-state index contributed by atoms with van der Waals surface area (Å²) in [6.07, 6.45) is 7.11. The molecule has 0 aliphatic carbocycles. The fourth-order valence-corrected chi connectivity index (χ4v) is 4.77. The predicted molar refractivity (Wildman–Crippen MR) is 132 cm³/mol. The van der Waals surface area contributed by atoms with Gasteiger partial charge in [-0.2, -0.15) is 5.10 Å². The van der Waals surface area contributed by atoms with Gasteiger partial charge in [0.05, 0.1) is 14.6 Å². The third kappa shape index (κ3) is 8.37. The van der Waals surface area contributed by atoms with Crippen molar-refractivity contribution in [1.82, 2.24) is 0 Å². The molecule has 0 radical (unpaired) electrons. The Morgan fingerprint density at radius 1 is 1.19 bits per heavy atom. The number of nitrogens with zero attached hydrogens (tertiary/aromatic N) is 1. The average Bonchev–Trinajstić information content (AvgIpc) is 2.58. The molecule has 0 amide bonds. The zero-order chi connectivity index (χ0) is 19.7. The Balaban J connectivity index is 2.61. The second kappa shape index (κ2) is 13.0. The molecule has 146 valence electrons. The van der Waals surface area contributed by atoms with Gasteiger partial charge in [0.2, 0.25) is 5.78 Å². The summed E-state index contributed by atoms with van der Waals surface area (Å²) in [6, 6.07) is 3.38. The Morgan fingerprint density at radius 2 is 1.85 bits per heavy atom. The van der Waals surface area contributed by atoms with E-state index in [9.17, 15) is 4.79 Å². The molecule has 2 unspecified atom stereocenters. The molecular formula is C18H23Cl3I2N2O. The summed E-state index contributed by atoms with van der Waals surface area (Å²) in [5, 5.41) is 4.93. The number of unbranched alkanes of at least 4 members (excludes halogenated alkanes) is 4. The maximum atomic E-state index is 12.5. The molecule has 26 heavy (non-hydrogen) atoms. The first-order valence-corrected chi connectivity index (χ1v) is 12.2. The van der Waals surface area contributed by atoms with Gasteiger partial charge in [-0.3, -0.25) is 10.2 Å². The van der Waals surface area contributed by atoms with Crippen LogP contribution in [0.4, 0.5) is 5.69 Å². The van der Waals surface area contributed by atoms with Crippen LogP contribution in [-0.2, 0) is 4.79 Å². The molecule has 0 aliphatic rings. The maximum Gasteiger partial charge on any atom is 0.208 e. The Labute approximate surface area is 198 Å². The highest BCUT2D eigenvalue weighted by Gasteiger charge is 2.26. The fraction of sp³-hybridized carbons (Fsp3) is 0.556. The van der Waals surface area contributed by atoms with Gasteiger partial charge in [-0.15, -0.1) is 0 Å². The zero-order valence-corrected chi connectivity index (χ0v) is 21.4. The predicted octanol–water partition coefficient (Wildman–Crippen LogP) is 7.80. The van der Waals surface area contributed by atoms with E-state index in [1.165, 1.54) is 25.7 Å². The number of halogens is 5. The van der Waals surface area contributed by atoms with Crippen molar-refractivity contribution in [3.8, 4) is 0 Å². The third-order valence-corrected chi connectivity index (χ3v) is 8.81. The van der Waals surface area contributed by atoms with E-state index in [0.29, 0.717) is 15.7 Å². The van der Waals surface area contributed by atoms with Crippen molar-refractivity contribution < 1.29 is 4.79 Å². The molecule has 0 saturated heterocycles. The second-order valence-electron chi connectivity index (χ2n) is 6.08. The van der Waals surface area contributed by atoms with Crippen LogP contribution in [0.2, 0.25) is 10.0 Å². The van der Waals surface area contributed by atoms with E-state index in [1.807, 2.05) is 6.92 Å². The normalized spacial score (nSPS) is 14.2. The van der Waals surface area contributed by atoms with Crippen LogP contribution in [0.1, 0.15) is 51.0 Å². The summed E-state index contributed by atoms with van der Waals surface area (Å²) in [5.41, 5.74) is 4.21. The number of hydrazone groups is 1. The number of rotatable bonds is 11. The van der Waals surface area contributed by atoms with Gasteiger partial charge < -0.3 is 0 Å². The number of carbonyl (C=O) groups excluding carboxylic acids is 1. The molecule has 1 rings (SSSR count). The van der Waals surface area contributed by atoms with Crippen LogP contribution in [0.25, 0.3) is 0 Å². The number of hydrogen-bond acceptors (Lipinski definition) is 3. The van der Waals surface area contributed by atoms with E-state index in [-0.39, 0.29) is 18.8 Å². The number of hydrogen-bond donors (Lipinski definition) is 1. The highest BCUT2D eigenvalue weighted by molar-refractivity contribution is 14.1. The first kappa shape index (κ1) is 24.7. The lowest BCUT2D eigenvalue weighted by Crippen LogP contribution is -2.28. The number of benzene rings is 1. The average molecular weight is 644 g/mol. The van der Waals surface area contributed by atoms with Crippen LogP contribution in [0, 0.1) is 6.92 Å². The number of anilines is 1. The smallest absolute Gasteiger partial charge is 0.208 e. The maximum absolute atomic E-state index is 12.5. The molecule has 0 aromatic heterocycles. The minimum atomic E-state index is -0.209. The first-order valence-electron chi connectivity index (χ1n) is 8.55.